The molecule has 3 amide bonds. The molecule has 0 aliphatic carbocycles. The summed E-state index contributed by atoms with van der Waals surface area (Å²) < 4.78 is 0. The summed E-state index contributed by atoms with van der Waals surface area (Å²) in [5.41, 5.74) is 2.58. The van der Waals surface area contributed by atoms with Crippen molar-refractivity contribution in [1.82, 2.24) is 4.90 Å². The number of hydrogen-bond donors (Lipinski definition) is 0. The van der Waals surface area contributed by atoms with Crippen LogP contribution in [0, 0.1) is 0 Å². The van der Waals surface area contributed by atoms with E-state index < -0.39 is 11.8 Å². The summed E-state index contributed by atoms with van der Waals surface area (Å²) in [5, 5.41) is 0. The van der Waals surface area contributed by atoms with Gasteiger partial charge < -0.3 is 9.80 Å². The molecule has 3 aromatic rings. The highest BCUT2D eigenvalue weighted by atomic mass is 16.2. The summed E-state index contributed by atoms with van der Waals surface area (Å²) in [6.45, 7) is 2.60. The van der Waals surface area contributed by atoms with Gasteiger partial charge in [0.1, 0.15) is 0 Å². The van der Waals surface area contributed by atoms with Crippen LogP contribution in [-0.2, 0) is 0 Å². The molecule has 0 unspecified atom stereocenters. The summed E-state index contributed by atoms with van der Waals surface area (Å²) in [6, 6.07) is 23.7. The van der Waals surface area contributed by atoms with Crippen molar-refractivity contribution in [2.75, 3.05) is 36.0 Å². The third-order valence-corrected chi connectivity index (χ3v) is 5.86. The van der Waals surface area contributed by atoms with Crippen molar-refractivity contribution in [2.45, 2.75) is 0 Å². The molecule has 154 valence electrons. The number of rotatable bonds is 3. The first-order valence-electron chi connectivity index (χ1n) is 10.3. The third kappa shape index (κ3) is 3.26. The van der Waals surface area contributed by atoms with Crippen molar-refractivity contribution in [3.8, 4) is 0 Å². The van der Waals surface area contributed by atoms with Crippen LogP contribution in [0.25, 0.3) is 0 Å². The van der Waals surface area contributed by atoms with Crippen molar-refractivity contribution >= 4 is 29.1 Å². The molecule has 1 fully saturated rings. The highest BCUT2D eigenvalue weighted by Crippen LogP contribution is 2.31. The van der Waals surface area contributed by atoms with Crippen molar-refractivity contribution in [1.29, 1.82) is 0 Å². The summed E-state index contributed by atoms with van der Waals surface area (Å²) in [4.78, 5) is 44.4. The molecular formula is C25H21N3O3. The van der Waals surface area contributed by atoms with E-state index in [0.717, 1.165) is 23.7 Å². The second-order valence-corrected chi connectivity index (χ2v) is 7.62. The molecule has 0 radical (unpaired) electrons. The lowest BCUT2D eigenvalue weighted by Crippen LogP contribution is -2.49. The Balaban J connectivity index is 1.39. The Labute approximate surface area is 180 Å². The van der Waals surface area contributed by atoms with Crippen LogP contribution < -0.4 is 9.80 Å². The van der Waals surface area contributed by atoms with Gasteiger partial charge in [0, 0.05) is 31.9 Å². The smallest absolute Gasteiger partial charge is 0.266 e. The van der Waals surface area contributed by atoms with Crippen molar-refractivity contribution in [3.05, 3.63) is 95.6 Å². The van der Waals surface area contributed by atoms with Crippen LogP contribution in [0.2, 0.25) is 0 Å². The summed E-state index contributed by atoms with van der Waals surface area (Å²) in [5.74, 6) is -0.954. The first-order valence-corrected chi connectivity index (χ1v) is 10.3. The Hall–Kier alpha value is -3.93. The predicted molar refractivity (Wildman–Crippen MR) is 119 cm³/mol. The lowest BCUT2D eigenvalue weighted by atomic mass is 10.1. The molecule has 0 N–H and O–H groups in total. The van der Waals surface area contributed by atoms with Crippen molar-refractivity contribution in [2.24, 2.45) is 0 Å². The molecule has 3 aromatic carbocycles. The average molecular weight is 411 g/mol. The van der Waals surface area contributed by atoms with Crippen molar-refractivity contribution < 1.29 is 14.4 Å². The second-order valence-electron chi connectivity index (χ2n) is 7.62. The van der Waals surface area contributed by atoms with E-state index in [0.29, 0.717) is 35.5 Å². The quantitative estimate of drug-likeness (QED) is 0.620. The first kappa shape index (κ1) is 19.1. The van der Waals surface area contributed by atoms with Gasteiger partial charge >= 0.3 is 0 Å². The number of nitrogens with zero attached hydrogens (tertiary/aromatic N) is 3. The molecule has 2 aliphatic rings. The van der Waals surface area contributed by atoms with Gasteiger partial charge in [-0.1, -0.05) is 42.5 Å². The third-order valence-electron chi connectivity index (χ3n) is 5.86. The number of piperazine rings is 1. The highest BCUT2D eigenvalue weighted by molar-refractivity contribution is 6.35. The van der Waals surface area contributed by atoms with Gasteiger partial charge in [-0.2, -0.15) is 0 Å². The van der Waals surface area contributed by atoms with Crippen LogP contribution in [-0.4, -0.2) is 48.8 Å². The van der Waals surface area contributed by atoms with Gasteiger partial charge in [0.15, 0.2) is 0 Å². The largest absolute Gasteiger partial charge is 0.368 e. The zero-order chi connectivity index (χ0) is 21.4. The molecule has 0 saturated carbocycles. The number of fused-ring (bicyclic) bond motifs is 1. The zero-order valence-corrected chi connectivity index (χ0v) is 16.9. The molecule has 0 atom stereocenters. The molecule has 2 heterocycles. The van der Waals surface area contributed by atoms with E-state index >= 15 is 0 Å². The first-order chi connectivity index (χ1) is 15.1. The van der Waals surface area contributed by atoms with Crippen LogP contribution >= 0.6 is 0 Å². The number of carbonyl (C=O) groups excluding carboxylic acids is 3. The molecule has 2 aliphatic heterocycles. The minimum atomic E-state index is -0.394. The summed E-state index contributed by atoms with van der Waals surface area (Å²) >= 11 is 0. The molecule has 0 spiro atoms. The van der Waals surface area contributed by atoms with Crippen LogP contribution in [0.15, 0.2) is 78.9 Å². The Bertz CT molecular complexity index is 1130. The maximum Gasteiger partial charge on any atom is 0.266 e. The van der Waals surface area contributed by atoms with Gasteiger partial charge in [0.2, 0.25) is 0 Å². The predicted octanol–water partition coefficient (Wildman–Crippen LogP) is 3.45. The van der Waals surface area contributed by atoms with Crippen LogP contribution in [0.4, 0.5) is 11.4 Å². The fourth-order valence-electron chi connectivity index (χ4n) is 4.23. The Morgan fingerprint density at radius 3 is 1.84 bits per heavy atom. The molecule has 1 saturated heterocycles. The summed E-state index contributed by atoms with van der Waals surface area (Å²) in [7, 11) is 0. The van der Waals surface area contributed by atoms with E-state index in [-0.39, 0.29) is 5.91 Å². The number of imide groups is 1. The lowest BCUT2D eigenvalue weighted by Gasteiger charge is -2.36. The minimum Gasteiger partial charge on any atom is -0.368 e. The fourth-order valence-corrected chi connectivity index (χ4v) is 4.23. The standard InChI is InChI=1S/C25H21N3O3/c29-23(27-16-14-26(15-17-27)18-8-2-1-3-9-18)21-12-6-7-13-22(21)28-24(30)19-10-4-5-11-20(19)25(28)31/h1-13H,14-17H2. The molecule has 6 nitrogen and oxygen atoms in total. The number of hydrogen-bond acceptors (Lipinski definition) is 4. The van der Waals surface area contributed by atoms with Crippen molar-refractivity contribution in [3.63, 3.8) is 0 Å². The van der Waals surface area contributed by atoms with E-state index in [1.165, 1.54) is 0 Å². The number of carbonyl (C=O) groups is 3. The van der Waals surface area contributed by atoms with Gasteiger partial charge in [-0.3, -0.25) is 14.4 Å². The minimum absolute atomic E-state index is 0.167. The Morgan fingerprint density at radius 2 is 1.19 bits per heavy atom. The molecule has 0 aromatic heterocycles. The van der Waals surface area contributed by atoms with Gasteiger partial charge in [0.05, 0.1) is 22.4 Å². The Morgan fingerprint density at radius 1 is 0.645 bits per heavy atom. The fraction of sp³-hybridized carbons (Fsp3) is 0.160. The van der Waals surface area contributed by atoms with E-state index in [4.69, 9.17) is 0 Å². The van der Waals surface area contributed by atoms with E-state index in [1.807, 2.05) is 18.2 Å². The van der Waals surface area contributed by atoms with E-state index in [2.05, 4.69) is 17.0 Å². The highest BCUT2D eigenvalue weighted by Gasteiger charge is 2.38. The molecule has 31 heavy (non-hydrogen) atoms. The maximum absolute atomic E-state index is 13.4. The average Bonchev–Trinajstić information content (AvgIpc) is 3.09. The van der Waals surface area contributed by atoms with Gasteiger partial charge in [-0.25, -0.2) is 4.90 Å². The van der Waals surface area contributed by atoms with E-state index in [1.54, 1.807) is 53.4 Å². The number of para-hydroxylation sites is 2. The monoisotopic (exact) mass is 411 g/mol. The van der Waals surface area contributed by atoms with Gasteiger partial charge in [0.25, 0.3) is 17.7 Å². The SMILES string of the molecule is O=C(c1ccccc1N1C(=O)c2ccccc2C1=O)N1CCN(c2ccccc2)CC1. The lowest BCUT2D eigenvalue weighted by molar-refractivity contribution is 0.0747. The Kier molecular flexibility index (Phi) is 4.75. The molecular weight excluding hydrogens is 390 g/mol. The molecule has 5 rings (SSSR count). The van der Waals surface area contributed by atoms with Crippen LogP contribution in [0.1, 0.15) is 31.1 Å². The van der Waals surface area contributed by atoms with Crippen LogP contribution in [0.3, 0.4) is 0 Å². The van der Waals surface area contributed by atoms with Gasteiger partial charge in [-0.05, 0) is 36.4 Å². The second kappa shape index (κ2) is 7.72. The van der Waals surface area contributed by atoms with E-state index in [9.17, 15) is 14.4 Å². The van der Waals surface area contributed by atoms with Crippen LogP contribution in [0.5, 0.6) is 0 Å². The zero-order valence-electron chi connectivity index (χ0n) is 16.9. The molecule has 0 bridgehead atoms. The summed E-state index contributed by atoms with van der Waals surface area (Å²) in [6.07, 6.45) is 0. The topological polar surface area (TPSA) is 60.9 Å². The number of anilines is 2. The normalized spacial score (nSPS) is 15.9. The maximum atomic E-state index is 13.4. The number of amides is 3. The number of benzene rings is 3. The molecule has 6 heteroatoms. The van der Waals surface area contributed by atoms with Gasteiger partial charge in [-0.15, -0.1) is 0 Å².